The van der Waals surface area contributed by atoms with Crippen LogP contribution >= 0.6 is 0 Å². The standard InChI is InChI=1S/C21H22N6O2/c1-21(2)9-15-14(11-25-19(26-15)17-12-22-6-7-23-17)16(10-21)27-20(28)13-4-5-24-18(8-13)29-3/h4-8,11-12,16H,9-10H2,1-3H3,(H,27,28). The minimum Gasteiger partial charge on any atom is -0.481 e. The zero-order valence-electron chi connectivity index (χ0n) is 16.6. The van der Waals surface area contributed by atoms with Crippen molar-refractivity contribution in [1.82, 2.24) is 30.2 Å². The molecule has 1 unspecified atom stereocenters. The van der Waals surface area contributed by atoms with Gasteiger partial charge in [-0.1, -0.05) is 13.8 Å². The number of amides is 1. The van der Waals surface area contributed by atoms with E-state index in [1.165, 1.54) is 7.11 Å². The van der Waals surface area contributed by atoms with Gasteiger partial charge in [0.1, 0.15) is 5.69 Å². The zero-order valence-corrected chi connectivity index (χ0v) is 16.6. The van der Waals surface area contributed by atoms with E-state index < -0.39 is 0 Å². The van der Waals surface area contributed by atoms with Crippen molar-refractivity contribution in [2.24, 2.45) is 5.41 Å². The van der Waals surface area contributed by atoms with Gasteiger partial charge in [-0.3, -0.25) is 9.78 Å². The zero-order chi connectivity index (χ0) is 20.4. The van der Waals surface area contributed by atoms with E-state index in [0.29, 0.717) is 23.0 Å². The van der Waals surface area contributed by atoms with Crippen molar-refractivity contribution in [3.8, 4) is 17.4 Å². The molecule has 1 aliphatic carbocycles. The molecule has 4 rings (SSSR count). The molecule has 0 aromatic carbocycles. The lowest BCUT2D eigenvalue weighted by Crippen LogP contribution is -2.37. The lowest BCUT2D eigenvalue weighted by molar-refractivity contribution is 0.0918. The third-order valence-electron chi connectivity index (χ3n) is 4.98. The SMILES string of the molecule is COc1cc(C(=O)NC2CC(C)(C)Cc3nc(-c4cnccn4)ncc32)ccn1. The van der Waals surface area contributed by atoms with E-state index in [2.05, 4.69) is 39.1 Å². The van der Waals surface area contributed by atoms with Gasteiger partial charge in [-0.15, -0.1) is 0 Å². The second-order valence-electron chi connectivity index (χ2n) is 7.84. The molecule has 0 spiro atoms. The van der Waals surface area contributed by atoms with E-state index in [-0.39, 0.29) is 17.4 Å². The van der Waals surface area contributed by atoms with Crippen LogP contribution in [0, 0.1) is 5.41 Å². The van der Waals surface area contributed by atoms with Gasteiger partial charge in [-0.05, 0) is 24.3 Å². The Hall–Kier alpha value is -3.42. The van der Waals surface area contributed by atoms with Crippen LogP contribution < -0.4 is 10.1 Å². The molecule has 29 heavy (non-hydrogen) atoms. The Morgan fingerprint density at radius 1 is 1.17 bits per heavy atom. The third-order valence-corrected chi connectivity index (χ3v) is 4.98. The molecule has 8 nitrogen and oxygen atoms in total. The Labute approximate surface area is 168 Å². The lowest BCUT2D eigenvalue weighted by Gasteiger charge is -2.36. The molecule has 0 saturated heterocycles. The van der Waals surface area contributed by atoms with Gasteiger partial charge in [0.05, 0.1) is 25.0 Å². The average molecular weight is 390 g/mol. The molecule has 148 valence electrons. The van der Waals surface area contributed by atoms with Crippen LogP contribution in [0.15, 0.2) is 43.1 Å². The number of nitrogens with zero attached hydrogens (tertiary/aromatic N) is 5. The van der Waals surface area contributed by atoms with Crippen molar-refractivity contribution >= 4 is 5.91 Å². The van der Waals surface area contributed by atoms with E-state index in [4.69, 9.17) is 9.72 Å². The molecule has 3 aromatic heterocycles. The quantitative estimate of drug-likeness (QED) is 0.730. The summed E-state index contributed by atoms with van der Waals surface area (Å²) in [5.41, 5.74) is 2.97. The Kier molecular flexibility index (Phi) is 4.92. The molecule has 8 heteroatoms. The number of nitrogens with one attached hydrogen (secondary N) is 1. The summed E-state index contributed by atoms with van der Waals surface area (Å²) in [6, 6.07) is 3.11. The maximum atomic E-state index is 12.8. The molecular formula is C21H22N6O2. The molecule has 1 atom stereocenters. The first-order valence-electron chi connectivity index (χ1n) is 9.38. The largest absolute Gasteiger partial charge is 0.481 e. The Morgan fingerprint density at radius 2 is 2.03 bits per heavy atom. The predicted octanol–water partition coefficient (Wildman–Crippen LogP) is 2.78. The summed E-state index contributed by atoms with van der Waals surface area (Å²) < 4.78 is 5.12. The molecule has 3 heterocycles. The third kappa shape index (κ3) is 4.06. The van der Waals surface area contributed by atoms with E-state index in [0.717, 1.165) is 24.1 Å². The molecule has 1 aliphatic rings. The second-order valence-corrected chi connectivity index (χ2v) is 7.84. The van der Waals surface area contributed by atoms with E-state index >= 15 is 0 Å². The highest BCUT2D eigenvalue weighted by Crippen LogP contribution is 2.40. The number of pyridine rings is 1. The first-order valence-corrected chi connectivity index (χ1v) is 9.38. The minimum absolute atomic E-state index is 0.0190. The Bertz CT molecular complexity index is 1040. The number of hydrogen-bond acceptors (Lipinski definition) is 7. The normalized spacial score (nSPS) is 17.3. The lowest BCUT2D eigenvalue weighted by atomic mass is 9.74. The number of carbonyl (C=O) groups excluding carboxylic acids is 1. The summed E-state index contributed by atoms with van der Waals surface area (Å²) in [5.74, 6) is 0.759. The highest BCUT2D eigenvalue weighted by Gasteiger charge is 2.34. The monoisotopic (exact) mass is 390 g/mol. The van der Waals surface area contributed by atoms with Gasteiger partial charge >= 0.3 is 0 Å². The van der Waals surface area contributed by atoms with Crippen LogP contribution in [0.2, 0.25) is 0 Å². The highest BCUT2D eigenvalue weighted by molar-refractivity contribution is 5.94. The second kappa shape index (κ2) is 7.54. The van der Waals surface area contributed by atoms with Gasteiger partial charge in [0.2, 0.25) is 5.88 Å². The van der Waals surface area contributed by atoms with Crippen LogP contribution in [-0.4, -0.2) is 37.9 Å². The van der Waals surface area contributed by atoms with E-state index in [1.54, 1.807) is 43.1 Å². The summed E-state index contributed by atoms with van der Waals surface area (Å²) in [6.07, 6.45) is 9.82. The van der Waals surface area contributed by atoms with E-state index in [9.17, 15) is 4.79 Å². The number of rotatable bonds is 4. The Morgan fingerprint density at radius 3 is 2.79 bits per heavy atom. The van der Waals surface area contributed by atoms with Gasteiger partial charge in [0, 0.05) is 42.0 Å². The molecule has 1 N–H and O–H groups in total. The highest BCUT2D eigenvalue weighted by atomic mass is 16.5. The molecule has 0 aliphatic heterocycles. The molecule has 0 bridgehead atoms. The number of carbonyl (C=O) groups is 1. The molecule has 0 fully saturated rings. The molecular weight excluding hydrogens is 368 g/mol. The predicted molar refractivity (Wildman–Crippen MR) is 106 cm³/mol. The number of ether oxygens (including phenoxy) is 1. The summed E-state index contributed by atoms with van der Waals surface area (Å²) in [6.45, 7) is 4.35. The Balaban J connectivity index is 1.64. The van der Waals surface area contributed by atoms with Crippen molar-refractivity contribution in [1.29, 1.82) is 0 Å². The van der Waals surface area contributed by atoms with Crippen LogP contribution in [0.1, 0.15) is 47.9 Å². The van der Waals surface area contributed by atoms with Gasteiger partial charge in [-0.25, -0.2) is 19.9 Å². The molecule has 3 aromatic rings. The first kappa shape index (κ1) is 18.9. The molecule has 1 amide bonds. The fraction of sp³-hybridized carbons (Fsp3) is 0.333. The van der Waals surface area contributed by atoms with Gasteiger partial charge < -0.3 is 10.1 Å². The summed E-state index contributed by atoms with van der Waals surface area (Å²) in [5, 5.41) is 3.13. The van der Waals surface area contributed by atoms with Crippen LogP contribution in [0.4, 0.5) is 0 Å². The summed E-state index contributed by atoms with van der Waals surface area (Å²) >= 11 is 0. The van der Waals surface area contributed by atoms with Crippen molar-refractivity contribution in [3.63, 3.8) is 0 Å². The average Bonchev–Trinajstić information content (AvgIpc) is 2.73. The molecule has 0 radical (unpaired) electrons. The van der Waals surface area contributed by atoms with Crippen LogP contribution in [0.3, 0.4) is 0 Å². The van der Waals surface area contributed by atoms with Gasteiger partial charge in [-0.2, -0.15) is 0 Å². The van der Waals surface area contributed by atoms with Gasteiger partial charge in [0.15, 0.2) is 5.82 Å². The van der Waals surface area contributed by atoms with Crippen molar-refractivity contribution in [2.45, 2.75) is 32.7 Å². The number of hydrogen-bond donors (Lipinski definition) is 1. The number of methoxy groups -OCH3 is 1. The number of aromatic nitrogens is 5. The van der Waals surface area contributed by atoms with Crippen LogP contribution in [0.25, 0.3) is 11.5 Å². The van der Waals surface area contributed by atoms with Crippen molar-refractivity contribution in [2.75, 3.05) is 7.11 Å². The molecule has 0 saturated carbocycles. The van der Waals surface area contributed by atoms with Gasteiger partial charge in [0.25, 0.3) is 5.91 Å². The topological polar surface area (TPSA) is 103 Å². The van der Waals surface area contributed by atoms with E-state index in [1.807, 2.05) is 0 Å². The smallest absolute Gasteiger partial charge is 0.252 e. The van der Waals surface area contributed by atoms with Crippen LogP contribution in [-0.2, 0) is 6.42 Å². The fourth-order valence-electron chi connectivity index (χ4n) is 3.62. The summed E-state index contributed by atoms with van der Waals surface area (Å²) in [4.78, 5) is 34.5. The van der Waals surface area contributed by atoms with Crippen molar-refractivity contribution < 1.29 is 9.53 Å². The number of fused-ring (bicyclic) bond motifs is 1. The minimum atomic E-state index is -0.184. The first-order chi connectivity index (χ1) is 13.9. The maximum Gasteiger partial charge on any atom is 0.252 e. The summed E-state index contributed by atoms with van der Waals surface area (Å²) in [7, 11) is 1.52. The van der Waals surface area contributed by atoms with Crippen LogP contribution in [0.5, 0.6) is 5.88 Å². The maximum absolute atomic E-state index is 12.8. The fourth-order valence-corrected chi connectivity index (χ4v) is 3.62. The van der Waals surface area contributed by atoms with Crippen molar-refractivity contribution in [3.05, 3.63) is 59.9 Å².